The van der Waals surface area contributed by atoms with Crippen molar-refractivity contribution in [3.05, 3.63) is 46.2 Å². The van der Waals surface area contributed by atoms with Gasteiger partial charge in [-0.3, -0.25) is 9.59 Å². The molecule has 1 aromatic carbocycles. The number of carbonyl (C=O) groups excluding carboxylic acids is 1. The highest BCUT2D eigenvalue weighted by Gasteiger charge is 2.42. The highest BCUT2D eigenvalue weighted by Crippen LogP contribution is 2.44. The van der Waals surface area contributed by atoms with Gasteiger partial charge in [0, 0.05) is 29.1 Å². The van der Waals surface area contributed by atoms with Gasteiger partial charge < -0.3 is 15.4 Å². The van der Waals surface area contributed by atoms with Crippen molar-refractivity contribution in [3.8, 4) is 0 Å². The van der Waals surface area contributed by atoms with Gasteiger partial charge in [-0.15, -0.1) is 0 Å². The van der Waals surface area contributed by atoms with Gasteiger partial charge in [0.25, 0.3) is 5.91 Å². The number of fused-ring (bicyclic) bond motifs is 1. The second kappa shape index (κ2) is 4.76. The summed E-state index contributed by atoms with van der Waals surface area (Å²) in [5.74, 6) is -0.392. The van der Waals surface area contributed by atoms with Crippen LogP contribution in [0.1, 0.15) is 23.2 Å². The number of carbonyl (C=O) groups is 1. The van der Waals surface area contributed by atoms with Crippen LogP contribution in [0.3, 0.4) is 0 Å². The van der Waals surface area contributed by atoms with E-state index in [2.05, 4.69) is 10.3 Å². The van der Waals surface area contributed by atoms with E-state index in [9.17, 15) is 14.7 Å². The summed E-state index contributed by atoms with van der Waals surface area (Å²) in [6.07, 6.45) is 3.27. The van der Waals surface area contributed by atoms with Crippen molar-refractivity contribution >= 4 is 16.8 Å². The van der Waals surface area contributed by atoms with E-state index in [1.807, 2.05) is 6.07 Å². The Morgan fingerprint density at radius 2 is 2.10 bits per heavy atom. The lowest BCUT2D eigenvalue weighted by molar-refractivity contribution is 0.0934. The number of hydrogen-bond donors (Lipinski definition) is 3. The predicted molar refractivity (Wildman–Crippen MR) is 75.7 cm³/mol. The lowest BCUT2D eigenvalue weighted by Crippen LogP contribution is -2.34. The van der Waals surface area contributed by atoms with Gasteiger partial charge >= 0.3 is 0 Å². The average Bonchev–Trinajstić information content (AvgIpc) is 3.26. The maximum absolute atomic E-state index is 12.2. The monoisotopic (exact) mass is 272 g/mol. The third-order valence-corrected chi connectivity index (χ3v) is 3.95. The number of pyridine rings is 1. The summed E-state index contributed by atoms with van der Waals surface area (Å²) in [5.41, 5.74) is 0.380. The number of H-pyrrole nitrogens is 1. The fraction of sp³-hybridized carbons (Fsp3) is 0.333. The second-order valence-electron chi connectivity index (χ2n) is 5.42. The van der Waals surface area contributed by atoms with E-state index in [-0.39, 0.29) is 23.0 Å². The van der Waals surface area contributed by atoms with Gasteiger partial charge in [-0.05, 0) is 25.0 Å². The van der Waals surface area contributed by atoms with Crippen molar-refractivity contribution in [2.24, 2.45) is 5.41 Å². The highest BCUT2D eigenvalue weighted by molar-refractivity contribution is 5.97. The van der Waals surface area contributed by atoms with Crippen LogP contribution in [0, 0.1) is 5.41 Å². The molecule has 0 spiro atoms. The van der Waals surface area contributed by atoms with Crippen molar-refractivity contribution in [2.45, 2.75) is 12.8 Å². The molecule has 3 N–H and O–H groups in total. The van der Waals surface area contributed by atoms with Crippen LogP contribution < -0.4 is 10.7 Å². The minimum absolute atomic E-state index is 0.0708. The minimum atomic E-state index is -0.392. The molecule has 1 saturated carbocycles. The van der Waals surface area contributed by atoms with Crippen molar-refractivity contribution in [1.82, 2.24) is 10.3 Å². The number of aliphatic hydroxyl groups excluding tert-OH is 1. The standard InChI is InChI=1S/C15H16N2O3/c18-9-15(5-6-15)8-17-14(20)11-7-16-12-4-2-1-3-10(12)13(11)19/h1-4,7,18H,5-6,8-9H2,(H,16,19)(H,17,20). The molecular formula is C15H16N2O3. The van der Waals surface area contributed by atoms with Gasteiger partial charge in [0.2, 0.25) is 5.43 Å². The first kappa shape index (κ1) is 12.9. The Kier molecular flexibility index (Phi) is 3.06. The van der Waals surface area contributed by atoms with E-state index in [0.29, 0.717) is 17.4 Å². The number of hydrogen-bond acceptors (Lipinski definition) is 3. The molecule has 0 atom stereocenters. The number of amides is 1. The number of aromatic nitrogens is 1. The molecule has 3 rings (SSSR count). The van der Waals surface area contributed by atoms with Gasteiger partial charge in [-0.25, -0.2) is 0 Å². The van der Waals surface area contributed by atoms with Gasteiger partial charge in [-0.1, -0.05) is 12.1 Å². The number of aliphatic hydroxyl groups is 1. The quantitative estimate of drug-likeness (QED) is 0.777. The summed E-state index contributed by atoms with van der Waals surface area (Å²) < 4.78 is 0. The van der Waals surface area contributed by atoms with Crippen LogP contribution in [-0.2, 0) is 0 Å². The van der Waals surface area contributed by atoms with E-state index in [4.69, 9.17) is 0 Å². The molecule has 5 nitrogen and oxygen atoms in total. The van der Waals surface area contributed by atoms with Gasteiger partial charge in [0.15, 0.2) is 0 Å². The maximum atomic E-state index is 12.2. The maximum Gasteiger partial charge on any atom is 0.256 e. The largest absolute Gasteiger partial charge is 0.396 e. The average molecular weight is 272 g/mol. The van der Waals surface area contributed by atoms with Crippen LogP contribution >= 0.6 is 0 Å². The van der Waals surface area contributed by atoms with Crippen LogP contribution in [0.15, 0.2) is 35.3 Å². The van der Waals surface area contributed by atoms with Crippen LogP contribution in [0.5, 0.6) is 0 Å². The molecule has 2 aromatic rings. The van der Waals surface area contributed by atoms with E-state index in [0.717, 1.165) is 12.8 Å². The van der Waals surface area contributed by atoms with Gasteiger partial charge in [0.1, 0.15) is 5.56 Å². The summed E-state index contributed by atoms with van der Waals surface area (Å²) in [6.45, 7) is 0.482. The van der Waals surface area contributed by atoms with Crippen molar-refractivity contribution in [2.75, 3.05) is 13.2 Å². The molecule has 1 fully saturated rings. The van der Waals surface area contributed by atoms with Crippen LogP contribution in [0.25, 0.3) is 10.9 Å². The Bertz CT molecular complexity index is 716. The molecule has 0 unspecified atom stereocenters. The summed E-state index contributed by atoms with van der Waals surface area (Å²) in [7, 11) is 0. The summed E-state index contributed by atoms with van der Waals surface area (Å²) in [4.78, 5) is 27.3. The SMILES string of the molecule is O=C(NCC1(CO)CC1)c1c[nH]c2ccccc2c1=O. The van der Waals surface area contributed by atoms with Gasteiger partial charge in [0.05, 0.1) is 6.61 Å². The smallest absolute Gasteiger partial charge is 0.256 e. The Labute approximate surface area is 115 Å². The summed E-state index contributed by atoms with van der Waals surface area (Å²) >= 11 is 0. The highest BCUT2D eigenvalue weighted by atomic mass is 16.3. The molecule has 0 radical (unpaired) electrons. The van der Waals surface area contributed by atoms with E-state index < -0.39 is 5.91 Å². The molecule has 1 aliphatic rings. The first-order chi connectivity index (χ1) is 9.65. The van der Waals surface area contributed by atoms with Crippen LogP contribution in [0.4, 0.5) is 0 Å². The Morgan fingerprint density at radius 3 is 2.80 bits per heavy atom. The van der Waals surface area contributed by atoms with E-state index >= 15 is 0 Å². The molecule has 0 bridgehead atoms. The zero-order chi connectivity index (χ0) is 14.2. The van der Waals surface area contributed by atoms with Crippen molar-refractivity contribution in [1.29, 1.82) is 0 Å². The summed E-state index contributed by atoms with van der Waals surface area (Å²) in [5, 5.41) is 12.5. The van der Waals surface area contributed by atoms with Crippen LogP contribution in [0.2, 0.25) is 0 Å². The third kappa shape index (κ3) is 2.20. The molecule has 104 valence electrons. The Balaban J connectivity index is 1.85. The number of rotatable bonds is 4. The first-order valence-electron chi connectivity index (χ1n) is 6.65. The lowest BCUT2D eigenvalue weighted by atomic mass is 10.1. The van der Waals surface area contributed by atoms with Crippen molar-refractivity contribution in [3.63, 3.8) is 0 Å². The molecule has 1 aliphatic carbocycles. The Hall–Kier alpha value is -2.14. The Morgan fingerprint density at radius 1 is 1.35 bits per heavy atom. The van der Waals surface area contributed by atoms with E-state index in [1.54, 1.807) is 18.2 Å². The molecule has 5 heteroatoms. The third-order valence-electron chi connectivity index (χ3n) is 3.95. The molecule has 1 amide bonds. The number of benzene rings is 1. The molecular weight excluding hydrogens is 256 g/mol. The first-order valence-corrected chi connectivity index (χ1v) is 6.65. The van der Waals surface area contributed by atoms with Crippen LogP contribution in [-0.4, -0.2) is 29.1 Å². The lowest BCUT2D eigenvalue weighted by Gasteiger charge is -2.12. The molecule has 0 aliphatic heterocycles. The normalized spacial score (nSPS) is 16.1. The van der Waals surface area contributed by atoms with Crippen molar-refractivity contribution < 1.29 is 9.90 Å². The zero-order valence-electron chi connectivity index (χ0n) is 11.0. The molecule has 0 saturated heterocycles. The number of nitrogens with one attached hydrogen (secondary N) is 2. The number of para-hydroxylation sites is 1. The summed E-state index contributed by atoms with van der Waals surface area (Å²) in [6, 6.07) is 7.09. The second-order valence-corrected chi connectivity index (χ2v) is 5.42. The minimum Gasteiger partial charge on any atom is -0.396 e. The topological polar surface area (TPSA) is 82.2 Å². The fourth-order valence-electron chi connectivity index (χ4n) is 2.27. The zero-order valence-corrected chi connectivity index (χ0v) is 11.0. The molecule has 1 aromatic heterocycles. The van der Waals surface area contributed by atoms with E-state index in [1.165, 1.54) is 6.20 Å². The molecule has 20 heavy (non-hydrogen) atoms. The number of aromatic amines is 1. The van der Waals surface area contributed by atoms with Gasteiger partial charge in [-0.2, -0.15) is 0 Å². The fourth-order valence-corrected chi connectivity index (χ4v) is 2.27. The predicted octanol–water partition coefficient (Wildman–Crippen LogP) is 1.03. The molecule has 1 heterocycles.